The van der Waals surface area contributed by atoms with E-state index in [2.05, 4.69) is 9.97 Å². The van der Waals surface area contributed by atoms with E-state index in [0.29, 0.717) is 11.6 Å². The maximum absolute atomic E-state index is 5.70. The largest absolute Gasteiger partial charge is 0.496 e. The van der Waals surface area contributed by atoms with Gasteiger partial charge in [0.25, 0.3) is 0 Å². The Balaban J connectivity index is 2.02. The molecule has 1 N–H and O–H groups in total. The second-order valence-corrected chi connectivity index (χ2v) is 4.59. The van der Waals surface area contributed by atoms with Gasteiger partial charge in [0.15, 0.2) is 11.6 Å². The van der Waals surface area contributed by atoms with Gasteiger partial charge in [0, 0.05) is 5.39 Å². The summed E-state index contributed by atoms with van der Waals surface area (Å²) >= 11 is 0. The molecule has 4 heteroatoms. The van der Waals surface area contributed by atoms with E-state index in [1.807, 2.05) is 42.5 Å². The van der Waals surface area contributed by atoms with Crippen molar-refractivity contribution in [3.63, 3.8) is 0 Å². The summed E-state index contributed by atoms with van der Waals surface area (Å²) in [6.45, 7) is 0. The highest BCUT2D eigenvalue weighted by atomic mass is 16.5. The molecule has 0 bridgehead atoms. The fourth-order valence-electron chi connectivity index (χ4n) is 2.48. The minimum Gasteiger partial charge on any atom is -0.496 e. The number of rotatable bonds is 2. The average molecular weight is 264 g/mol. The molecule has 4 rings (SSSR count). The first-order valence-corrected chi connectivity index (χ1v) is 6.36. The molecule has 0 radical (unpaired) electrons. The molecule has 2 aromatic heterocycles. The van der Waals surface area contributed by atoms with Gasteiger partial charge in [-0.05, 0) is 18.2 Å². The van der Waals surface area contributed by atoms with E-state index < -0.39 is 0 Å². The van der Waals surface area contributed by atoms with E-state index in [9.17, 15) is 0 Å². The van der Waals surface area contributed by atoms with Gasteiger partial charge < -0.3 is 14.1 Å². The van der Waals surface area contributed by atoms with Gasteiger partial charge in [-0.1, -0.05) is 24.3 Å². The van der Waals surface area contributed by atoms with Crippen LogP contribution in [0.5, 0.6) is 5.75 Å². The zero-order chi connectivity index (χ0) is 13.5. The summed E-state index contributed by atoms with van der Waals surface area (Å²) in [7, 11) is 1.66. The minimum absolute atomic E-state index is 0.702. The molecule has 0 saturated carbocycles. The normalized spacial score (nSPS) is 11.2. The van der Waals surface area contributed by atoms with Crippen LogP contribution < -0.4 is 4.74 Å². The Labute approximate surface area is 115 Å². The van der Waals surface area contributed by atoms with Crippen LogP contribution >= 0.6 is 0 Å². The van der Waals surface area contributed by atoms with Crippen molar-refractivity contribution in [1.82, 2.24) is 9.97 Å². The molecule has 2 aromatic carbocycles. The lowest BCUT2D eigenvalue weighted by Crippen LogP contribution is -1.85. The number of para-hydroxylation sites is 2. The lowest BCUT2D eigenvalue weighted by atomic mass is 10.1. The number of nitrogens with one attached hydrogen (secondary N) is 1. The van der Waals surface area contributed by atoms with Crippen LogP contribution in [0.25, 0.3) is 33.4 Å². The van der Waals surface area contributed by atoms with Gasteiger partial charge in [-0.3, -0.25) is 0 Å². The molecule has 0 atom stereocenters. The Morgan fingerprint density at radius 1 is 1.10 bits per heavy atom. The third-order valence-electron chi connectivity index (χ3n) is 3.41. The van der Waals surface area contributed by atoms with Crippen LogP contribution in [0.15, 0.2) is 53.1 Å². The highest BCUT2D eigenvalue weighted by Gasteiger charge is 2.16. The van der Waals surface area contributed by atoms with Crippen molar-refractivity contribution >= 4 is 21.8 Å². The Kier molecular flexibility index (Phi) is 2.29. The molecule has 4 nitrogen and oxygen atoms in total. The second-order valence-electron chi connectivity index (χ2n) is 4.59. The maximum Gasteiger partial charge on any atom is 0.180 e. The van der Waals surface area contributed by atoms with E-state index >= 15 is 0 Å². The van der Waals surface area contributed by atoms with Gasteiger partial charge in [0.05, 0.1) is 29.8 Å². The molecule has 0 amide bonds. The van der Waals surface area contributed by atoms with E-state index in [1.165, 1.54) is 0 Å². The van der Waals surface area contributed by atoms with Crippen molar-refractivity contribution in [2.24, 2.45) is 0 Å². The van der Waals surface area contributed by atoms with Gasteiger partial charge in [-0.15, -0.1) is 0 Å². The van der Waals surface area contributed by atoms with Crippen LogP contribution in [-0.2, 0) is 0 Å². The second kappa shape index (κ2) is 4.13. The zero-order valence-corrected chi connectivity index (χ0v) is 10.9. The van der Waals surface area contributed by atoms with Crippen molar-refractivity contribution in [1.29, 1.82) is 0 Å². The summed E-state index contributed by atoms with van der Waals surface area (Å²) in [6, 6.07) is 13.8. The zero-order valence-electron chi connectivity index (χ0n) is 10.9. The minimum atomic E-state index is 0.702. The summed E-state index contributed by atoms with van der Waals surface area (Å²) in [4.78, 5) is 7.86. The van der Waals surface area contributed by atoms with Crippen molar-refractivity contribution in [3.05, 3.63) is 48.7 Å². The van der Waals surface area contributed by atoms with Gasteiger partial charge in [0.2, 0.25) is 0 Å². The number of aromatic amines is 1. The highest BCUT2D eigenvalue weighted by molar-refractivity contribution is 5.98. The number of nitrogens with zero attached hydrogens (tertiary/aromatic N) is 1. The topological polar surface area (TPSA) is 51.1 Å². The quantitative estimate of drug-likeness (QED) is 0.595. The lowest BCUT2D eigenvalue weighted by molar-refractivity contribution is 0.419. The summed E-state index contributed by atoms with van der Waals surface area (Å²) in [6.07, 6.45) is 1.72. The van der Waals surface area contributed by atoms with Crippen LogP contribution in [0.2, 0.25) is 0 Å². The smallest absolute Gasteiger partial charge is 0.180 e. The summed E-state index contributed by atoms with van der Waals surface area (Å²) in [5, 5.41) is 1.94. The average Bonchev–Trinajstić information content (AvgIpc) is 3.10. The fourth-order valence-corrected chi connectivity index (χ4v) is 2.48. The monoisotopic (exact) mass is 264 g/mol. The van der Waals surface area contributed by atoms with Gasteiger partial charge >= 0.3 is 0 Å². The molecule has 98 valence electrons. The van der Waals surface area contributed by atoms with Crippen LogP contribution in [0.4, 0.5) is 0 Å². The SMILES string of the molecule is COc1cccc2coc(-c3nc4ccccc4[nH]3)c12. The molecule has 20 heavy (non-hydrogen) atoms. The molecule has 2 heterocycles. The molecule has 0 spiro atoms. The number of furan rings is 1. The molecule has 0 aliphatic heterocycles. The van der Waals surface area contributed by atoms with Crippen LogP contribution in [0.3, 0.4) is 0 Å². The first kappa shape index (κ1) is 11.1. The van der Waals surface area contributed by atoms with Crippen molar-refractivity contribution in [3.8, 4) is 17.3 Å². The number of hydrogen-bond acceptors (Lipinski definition) is 3. The molecular weight excluding hydrogens is 252 g/mol. The number of ether oxygens (including phenoxy) is 1. The van der Waals surface area contributed by atoms with Gasteiger partial charge in [0.1, 0.15) is 5.75 Å². The molecule has 0 aliphatic rings. The number of benzene rings is 2. The van der Waals surface area contributed by atoms with Crippen LogP contribution in [0, 0.1) is 0 Å². The van der Waals surface area contributed by atoms with E-state index in [1.54, 1.807) is 13.4 Å². The van der Waals surface area contributed by atoms with E-state index in [-0.39, 0.29) is 0 Å². The van der Waals surface area contributed by atoms with Crippen LogP contribution in [-0.4, -0.2) is 17.1 Å². The first-order valence-electron chi connectivity index (χ1n) is 6.36. The fraction of sp³-hybridized carbons (Fsp3) is 0.0625. The van der Waals surface area contributed by atoms with Crippen LogP contribution in [0.1, 0.15) is 0 Å². The number of fused-ring (bicyclic) bond motifs is 2. The molecule has 0 fully saturated rings. The molecule has 0 saturated heterocycles. The maximum atomic E-state index is 5.70. The predicted molar refractivity (Wildman–Crippen MR) is 77.9 cm³/mol. The van der Waals surface area contributed by atoms with Crippen molar-refractivity contribution < 1.29 is 9.15 Å². The molecule has 0 aliphatic carbocycles. The Morgan fingerprint density at radius 2 is 2.00 bits per heavy atom. The number of methoxy groups -OCH3 is 1. The molecule has 4 aromatic rings. The third-order valence-corrected chi connectivity index (χ3v) is 3.41. The summed E-state index contributed by atoms with van der Waals surface area (Å²) < 4.78 is 11.1. The molecular formula is C16H12N2O2. The third kappa shape index (κ3) is 1.51. The van der Waals surface area contributed by atoms with Gasteiger partial charge in [-0.25, -0.2) is 4.98 Å². The highest BCUT2D eigenvalue weighted by Crippen LogP contribution is 2.36. The molecule has 0 unspecified atom stereocenters. The first-order chi connectivity index (χ1) is 9.86. The summed E-state index contributed by atoms with van der Waals surface area (Å²) in [5.74, 6) is 2.20. The van der Waals surface area contributed by atoms with E-state index in [4.69, 9.17) is 9.15 Å². The Hall–Kier alpha value is -2.75. The number of hydrogen-bond donors (Lipinski definition) is 1. The van der Waals surface area contributed by atoms with Crippen molar-refractivity contribution in [2.45, 2.75) is 0 Å². The van der Waals surface area contributed by atoms with E-state index in [0.717, 1.165) is 27.6 Å². The standard InChI is InChI=1S/C16H12N2O2/c1-19-13-8-4-5-10-9-20-15(14(10)13)16-17-11-6-2-3-7-12(11)18-16/h2-9H,1H3,(H,17,18). The van der Waals surface area contributed by atoms with Crippen molar-refractivity contribution in [2.75, 3.05) is 7.11 Å². The van der Waals surface area contributed by atoms with Gasteiger partial charge in [-0.2, -0.15) is 0 Å². The Morgan fingerprint density at radius 3 is 2.85 bits per heavy atom. The number of imidazole rings is 1. The lowest BCUT2D eigenvalue weighted by Gasteiger charge is -2.01. The summed E-state index contributed by atoms with van der Waals surface area (Å²) in [5.41, 5.74) is 1.91. The number of aromatic nitrogens is 2. The predicted octanol–water partition coefficient (Wildman–Crippen LogP) is 3.98. The number of H-pyrrole nitrogens is 1. The Bertz CT molecular complexity index is 872.